The number of hydrogen-bond acceptors (Lipinski definition) is 3. The van der Waals surface area contributed by atoms with Gasteiger partial charge in [0.1, 0.15) is 11.5 Å². The molecule has 1 N–H and O–H groups in total. The fourth-order valence-electron chi connectivity index (χ4n) is 3.23. The summed E-state index contributed by atoms with van der Waals surface area (Å²) in [6.45, 7) is 3.57. The van der Waals surface area contributed by atoms with Crippen LogP contribution in [0.25, 0.3) is 0 Å². The highest BCUT2D eigenvalue weighted by Gasteiger charge is 2.10. The van der Waals surface area contributed by atoms with Crippen LogP contribution in [0.4, 0.5) is 0 Å². The number of carbonyl (C=O) groups is 2. The van der Waals surface area contributed by atoms with Crippen molar-refractivity contribution < 1.29 is 14.7 Å². The maximum atomic E-state index is 12.1. The monoisotopic (exact) mass is 410 g/mol. The van der Waals surface area contributed by atoms with Crippen molar-refractivity contribution in [3.05, 3.63) is 65.8 Å². The number of phenolic OH excluding ortho intramolecular Hbond substituents is 1. The highest BCUT2D eigenvalue weighted by molar-refractivity contribution is 5.97. The summed E-state index contributed by atoms with van der Waals surface area (Å²) in [6, 6.07) is 4.84. The average Bonchev–Trinajstić information content (AvgIpc) is 2.72. The maximum Gasteiger partial charge on any atom is 0.163 e. The first-order valence-electron chi connectivity index (χ1n) is 11.3. The molecule has 0 fully saturated rings. The van der Waals surface area contributed by atoms with Gasteiger partial charge in [-0.2, -0.15) is 0 Å². The Hall–Kier alpha value is -2.42. The lowest BCUT2D eigenvalue weighted by Gasteiger charge is -2.05. The van der Waals surface area contributed by atoms with Crippen LogP contribution in [0.2, 0.25) is 0 Å². The summed E-state index contributed by atoms with van der Waals surface area (Å²) in [5.41, 5.74) is 1.08. The molecule has 30 heavy (non-hydrogen) atoms. The van der Waals surface area contributed by atoms with Crippen molar-refractivity contribution in [2.24, 2.45) is 0 Å². The first-order valence-corrected chi connectivity index (χ1v) is 11.3. The number of benzene rings is 1. The van der Waals surface area contributed by atoms with Gasteiger partial charge in [-0.1, -0.05) is 68.7 Å². The number of ketones is 2. The predicted molar refractivity (Wildman–Crippen MR) is 126 cm³/mol. The number of Topliss-reactive ketones (excluding diaryl/α,β-unsaturated/α-hetero) is 2. The number of unbranched alkanes of at least 4 members (excludes halogenated alkanes) is 5. The van der Waals surface area contributed by atoms with Crippen molar-refractivity contribution in [1.29, 1.82) is 0 Å². The quantitative estimate of drug-likeness (QED) is 0.177. The molecule has 3 nitrogen and oxygen atoms in total. The van der Waals surface area contributed by atoms with Crippen molar-refractivity contribution in [1.82, 2.24) is 0 Å². The van der Waals surface area contributed by atoms with Crippen LogP contribution >= 0.6 is 0 Å². The highest BCUT2D eigenvalue weighted by atomic mass is 16.3. The Balaban J connectivity index is 2.06. The van der Waals surface area contributed by atoms with Crippen LogP contribution in [0.1, 0.15) is 94.0 Å². The lowest BCUT2D eigenvalue weighted by molar-refractivity contribution is -0.118. The van der Waals surface area contributed by atoms with Crippen LogP contribution in [0, 0.1) is 0 Å². The minimum atomic E-state index is -0.187. The Morgan fingerprint density at radius 1 is 0.867 bits per heavy atom. The van der Waals surface area contributed by atoms with E-state index in [0.29, 0.717) is 12.8 Å². The molecule has 0 unspecified atom stereocenters. The summed E-state index contributed by atoms with van der Waals surface area (Å²) in [5, 5.41) is 9.68. The molecule has 0 spiro atoms. The van der Waals surface area contributed by atoms with Gasteiger partial charge >= 0.3 is 0 Å². The number of rotatable bonds is 16. The van der Waals surface area contributed by atoms with Crippen molar-refractivity contribution in [3.63, 3.8) is 0 Å². The molecule has 0 atom stereocenters. The predicted octanol–water partition coefficient (Wildman–Crippen LogP) is 7.30. The van der Waals surface area contributed by atoms with E-state index in [0.717, 1.165) is 44.1 Å². The second-order valence-corrected chi connectivity index (χ2v) is 7.72. The fraction of sp³-hybridized carbons (Fsp3) is 0.481. The first-order chi connectivity index (χ1) is 14.5. The summed E-state index contributed by atoms with van der Waals surface area (Å²) in [4.78, 5) is 23.6. The third-order valence-corrected chi connectivity index (χ3v) is 4.95. The van der Waals surface area contributed by atoms with Gasteiger partial charge in [0.2, 0.25) is 0 Å². The molecule has 0 aliphatic rings. The molecule has 0 bridgehead atoms. The lowest BCUT2D eigenvalue weighted by Crippen LogP contribution is -2.04. The molecule has 0 aliphatic heterocycles. The SMILES string of the molecule is CC/C=C\C/C=C\C/C=C\CCCCCCCC(=O)Cc1ccc(O)c(C(C)=O)c1. The standard InChI is InChI=1S/C27H38O3/c1-3-4-5-6-7-8-9-10-11-12-13-14-15-16-17-18-25(29)21-24-19-20-27(30)26(22-24)23(2)28/h4-5,7-8,10-11,19-20,22,30H,3,6,9,12-18,21H2,1-2H3/b5-4-,8-7-,11-10-. The Morgan fingerprint density at radius 3 is 2.20 bits per heavy atom. The zero-order chi connectivity index (χ0) is 22.0. The molecule has 0 heterocycles. The van der Waals surface area contributed by atoms with Crippen LogP contribution in [0.3, 0.4) is 0 Å². The van der Waals surface area contributed by atoms with E-state index in [1.54, 1.807) is 12.1 Å². The first kappa shape index (κ1) is 25.6. The Bertz CT molecular complexity index is 726. The largest absolute Gasteiger partial charge is 0.507 e. The number of aromatic hydroxyl groups is 1. The minimum Gasteiger partial charge on any atom is -0.507 e. The smallest absolute Gasteiger partial charge is 0.163 e. The Labute approximate surface area is 182 Å². The molecule has 164 valence electrons. The molecule has 3 heteroatoms. The second-order valence-electron chi connectivity index (χ2n) is 7.72. The highest BCUT2D eigenvalue weighted by Crippen LogP contribution is 2.20. The molecular formula is C27H38O3. The summed E-state index contributed by atoms with van der Waals surface area (Å²) >= 11 is 0. The van der Waals surface area contributed by atoms with E-state index >= 15 is 0 Å². The molecule has 0 amide bonds. The lowest BCUT2D eigenvalue weighted by atomic mass is 10.00. The molecule has 0 radical (unpaired) electrons. The molecule has 1 rings (SSSR count). The van der Waals surface area contributed by atoms with Crippen LogP contribution in [0.5, 0.6) is 5.75 Å². The van der Waals surface area contributed by atoms with Gasteiger partial charge in [-0.15, -0.1) is 0 Å². The van der Waals surface area contributed by atoms with Crippen LogP contribution < -0.4 is 0 Å². The molecule has 0 saturated heterocycles. The van der Waals surface area contributed by atoms with Crippen molar-refractivity contribution in [2.75, 3.05) is 0 Å². The van der Waals surface area contributed by atoms with Gasteiger partial charge in [-0.25, -0.2) is 0 Å². The number of phenols is 1. The van der Waals surface area contributed by atoms with Gasteiger partial charge in [0.05, 0.1) is 5.56 Å². The van der Waals surface area contributed by atoms with Crippen LogP contribution in [-0.2, 0) is 11.2 Å². The van der Waals surface area contributed by atoms with E-state index in [1.165, 1.54) is 32.3 Å². The summed E-state index contributed by atoms with van der Waals surface area (Å²) < 4.78 is 0. The van der Waals surface area contributed by atoms with Crippen LogP contribution in [0.15, 0.2) is 54.7 Å². The van der Waals surface area contributed by atoms with Crippen molar-refractivity contribution >= 4 is 11.6 Å². The van der Waals surface area contributed by atoms with Crippen molar-refractivity contribution in [3.8, 4) is 5.75 Å². The number of carbonyl (C=O) groups excluding carboxylic acids is 2. The van der Waals surface area contributed by atoms with Gasteiger partial charge in [0.15, 0.2) is 5.78 Å². The molecule has 0 aliphatic carbocycles. The van der Waals surface area contributed by atoms with Gasteiger partial charge in [-0.3, -0.25) is 9.59 Å². The third-order valence-electron chi connectivity index (χ3n) is 4.95. The van der Waals surface area contributed by atoms with Gasteiger partial charge in [0.25, 0.3) is 0 Å². The third kappa shape index (κ3) is 12.2. The number of hydrogen-bond donors (Lipinski definition) is 1. The molecule has 1 aromatic carbocycles. The van der Waals surface area contributed by atoms with Gasteiger partial charge < -0.3 is 5.11 Å². The van der Waals surface area contributed by atoms with E-state index < -0.39 is 0 Å². The van der Waals surface area contributed by atoms with Crippen molar-refractivity contribution in [2.45, 2.75) is 84.5 Å². The Kier molecular flexibility index (Phi) is 14.0. The topological polar surface area (TPSA) is 54.4 Å². The summed E-state index contributed by atoms with van der Waals surface area (Å²) in [7, 11) is 0. The zero-order valence-corrected chi connectivity index (χ0v) is 18.7. The molecular weight excluding hydrogens is 372 g/mol. The van der Waals surface area contributed by atoms with Crippen LogP contribution in [-0.4, -0.2) is 16.7 Å². The van der Waals surface area contributed by atoms with Gasteiger partial charge in [-0.05, 0) is 63.1 Å². The Morgan fingerprint density at radius 2 is 1.50 bits per heavy atom. The van der Waals surface area contributed by atoms with E-state index in [9.17, 15) is 14.7 Å². The fourth-order valence-corrected chi connectivity index (χ4v) is 3.23. The van der Waals surface area contributed by atoms with E-state index in [2.05, 4.69) is 43.4 Å². The zero-order valence-electron chi connectivity index (χ0n) is 18.7. The molecule has 0 saturated carbocycles. The summed E-state index contributed by atoms with van der Waals surface area (Å²) in [6.07, 6.45) is 24.1. The minimum absolute atomic E-state index is 0.0233. The average molecular weight is 411 g/mol. The number of allylic oxidation sites excluding steroid dienone is 6. The second kappa shape index (κ2) is 16.4. The van der Waals surface area contributed by atoms with E-state index in [-0.39, 0.29) is 22.9 Å². The van der Waals surface area contributed by atoms with Gasteiger partial charge in [0, 0.05) is 12.8 Å². The maximum absolute atomic E-state index is 12.1. The van der Waals surface area contributed by atoms with E-state index in [1.807, 2.05) is 0 Å². The molecule has 1 aromatic rings. The van der Waals surface area contributed by atoms with E-state index in [4.69, 9.17) is 0 Å². The summed E-state index contributed by atoms with van der Waals surface area (Å²) in [5.74, 6) is -0.0193. The normalized spacial score (nSPS) is 11.8. The molecule has 0 aromatic heterocycles.